The highest BCUT2D eigenvalue weighted by atomic mass is 35.5. The number of halogens is 2. The molecule has 0 heterocycles. The molecule has 0 aliphatic rings. The van der Waals surface area contributed by atoms with Gasteiger partial charge in [0.2, 0.25) is 10.0 Å². The van der Waals surface area contributed by atoms with Gasteiger partial charge in [-0.05, 0) is 37.6 Å². The number of carbonyl (C=O) groups is 1. The molecule has 0 radical (unpaired) electrons. The highest BCUT2D eigenvalue weighted by molar-refractivity contribution is 7.89. The molecular formula is C18H29Cl2N3O3S. The van der Waals surface area contributed by atoms with Gasteiger partial charge in [-0.15, -0.1) is 0 Å². The monoisotopic (exact) mass is 437 g/mol. The topological polar surface area (TPSA) is 78.5 Å². The van der Waals surface area contributed by atoms with Gasteiger partial charge in [-0.1, -0.05) is 50.9 Å². The zero-order valence-electron chi connectivity index (χ0n) is 16.7. The summed E-state index contributed by atoms with van der Waals surface area (Å²) in [7, 11) is 0.0732. The number of nitrogens with zero attached hydrogens (tertiary/aromatic N) is 1. The molecule has 27 heavy (non-hydrogen) atoms. The van der Waals surface area contributed by atoms with E-state index in [4.69, 9.17) is 23.2 Å². The van der Waals surface area contributed by atoms with E-state index >= 15 is 0 Å². The maximum Gasteiger partial charge on any atom is 0.252 e. The maximum absolute atomic E-state index is 12.6. The Labute approximate surface area is 172 Å². The van der Waals surface area contributed by atoms with E-state index in [9.17, 15) is 13.2 Å². The normalized spacial score (nSPS) is 12.7. The van der Waals surface area contributed by atoms with Crippen molar-refractivity contribution >= 4 is 39.1 Å². The molecule has 0 aromatic heterocycles. The van der Waals surface area contributed by atoms with E-state index in [1.54, 1.807) is 0 Å². The molecule has 9 heteroatoms. The first-order valence-electron chi connectivity index (χ1n) is 8.67. The van der Waals surface area contributed by atoms with Crippen LogP contribution in [-0.2, 0) is 10.0 Å². The summed E-state index contributed by atoms with van der Waals surface area (Å²) in [5.74, 6) is -0.309. The Hall–Kier alpha value is -0.860. The van der Waals surface area contributed by atoms with Crippen LogP contribution >= 0.6 is 23.2 Å². The average Bonchev–Trinajstić information content (AvgIpc) is 2.49. The summed E-state index contributed by atoms with van der Waals surface area (Å²) in [5, 5.41) is 2.90. The van der Waals surface area contributed by atoms with Gasteiger partial charge >= 0.3 is 0 Å². The van der Waals surface area contributed by atoms with Crippen molar-refractivity contribution in [2.75, 3.05) is 33.7 Å². The minimum absolute atomic E-state index is 0.0271. The van der Waals surface area contributed by atoms with Crippen LogP contribution in [0.2, 0.25) is 10.0 Å². The van der Waals surface area contributed by atoms with E-state index in [-0.39, 0.29) is 38.4 Å². The van der Waals surface area contributed by atoms with Crippen molar-refractivity contribution in [2.45, 2.75) is 32.6 Å². The summed E-state index contributed by atoms with van der Waals surface area (Å²) >= 11 is 12.2. The lowest BCUT2D eigenvalue weighted by Gasteiger charge is -2.28. The summed E-state index contributed by atoms with van der Waals surface area (Å²) in [6.07, 6.45) is 0. The summed E-state index contributed by atoms with van der Waals surface area (Å²) in [5.41, 5.74) is -0.0853. The summed E-state index contributed by atoms with van der Waals surface area (Å²) in [6, 6.07) is 2.51. The smallest absolute Gasteiger partial charge is 0.252 e. The molecular weight excluding hydrogens is 409 g/mol. The first-order chi connectivity index (χ1) is 12.2. The van der Waals surface area contributed by atoms with Crippen molar-refractivity contribution in [1.82, 2.24) is 14.9 Å². The van der Waals surface area contributed by atoms with Crippen molar-refractivity contribution in [2.24, 2.45) is 11.3 Å². The van der Waals surface area contributed by atoms with E-state index in [0.29, 0.717) is 6.54 Å². The van der Waals surface area contributed by atoms with Gasteiger partial charge in [0.15, 0.2) is 0 Å². The van der Waals surface area contributed by atoms with Gasteiger partial charge < -0.3 is 10.2 Å². The van der Waals surface area contributed by atoms with E-state index in [2.05, 4.69) is 10.0 Å². The molecule has 0 unspecified atom stereocenters. The number of hydrogen-bond donors (Lipinski definition) is 2. The first kappa shape index (κ1) is 24.2. The lowest BCUT2D eigenvalue weighted by Crippen LogP contribution is -2.40. The number of sulfonamides is 1. The Morgan fingerprint density at radius 2 is 1.78 bits per heavy atom. The highest BCUT2D eigenvalue weighted by Gasteiger charge is 2.24. The van der Waals surface area contributed by atoms with Crippen LogP contribution in [0.15, 0.2) is 17.0 Å². The molecule has 0 atom stereocenters. The molecule has 1 aromatic rings. The average molecular weight is 438 g/mol. The number of hydrogen-bond acceptors (Lipinski definition) is 4. The number of benzene rings is 1. The van der Waals surface area contributed by atoms with Crippen LogP contribution < -0.4 is 10.0 Å². The standard InChI is InChI=1S/C18H29Cl2N3O3S/c1-12(2)9-22-27(25,26)16-7-13(14(19)8-15(16)20)17(24)21-10-18(3,4)11-23(5)6/h7-8,12,22H,9-11H2,1-6H3,(H,21,24). The van der Waals surface area contributed by atoms with Gasteiger partial charge in [-0.3, -0.25) is 4.79 Å². The maximum atomic E-state index is 12.6. The summed E-state index contributed by atoms with van der Waals surface area (Å²) in [6.45, 7) is 9.30. The molecule has 1 amide bonds. The van der Waals surface area contributed by atoms with E-state index < -0.39 is 15.9 Å². The zero-order chi connectivity index (χ0) is 21.0. The Bertz CT molecular complexity index is 778. The molecule has 2 N–H and O–H groups in total. The van der Waals surface area contributed by atoms with Crippen LogP contribution in [0.5, 0.6) is 0 Å². The molecule has 0 aliphatic heterocycles. The number of rotatable bonds is 9. The third-order valence-electron chi connectivity index (χ3n) is 3.71. The van der Waals surface area contributed by atoms with Gasteiger partial charge in [0.05, 0.1) is 15.6 Å². The van der Waals surface area contributed by atoms with Crippen LogP contribution in [0.3, 0.4) is 0 Å². The molecule has 0 saturated carbocycles. The molecule has 0 fully saturated rings. The quantitative estimate of drug-likeness (QED) is 0.621. The van der Waals surface area contributed by atoms with Crippen LogP contribution in [0.1, 0.15) is 38.1 Å². The third kappa shape index (κ3) is 7.58. The fraction of sp³-hybridized carbons (Fsp3) is 0.611. The molecule has 1 aromatic carbocycles. The third-order valence-corrected chi connectivity index (χ3v) is 5.91. The molecule has 6 nitrogen and oxygen atoms in total. The van der Waals surface area contributed by atoms with Crippen molar-refractivity contribution in [3.8, 4) is 0 Å². The number of amides is 1. The summed E-state index contributed by atoms with van der Waals surface area (Å²) < 4.78 is 27.5. The molecule has 0 saturated heterocycles. The lowest BCUT2D eigenvalue weighted by atomic mass is 9.93. The second kappa shape index (κ2) is 9.56. The van der Waals surface area contributed by atoms with Crippen molar-refractivity contribution in [3.63, 3.8) is 0 Å². The molecule has 154 valence electrons. The fourth-order valence-corrected chi connectivity index (χ4v) is 4.66. The zero-order valence-corrected chi connectivity index (χ0v) is 19.0. The van der Waals surface area contributed by atoms with Crippen LogP contribution in [0.25, 0.3) is 0 Å². The molecule has 0 spiro atoms. The minimum atomic E-state index is -3.85. The van der Waals surface area contributed by atoms with E-state index in [1.807, 2.05) is 46.7 Å². The van der Waals surface area contributed by atoms with Crippen LogP contribution in [-0.4, -0.2) is 53.0 Å². The second-order valence-electron chi connectivity index (χ2n) is 8.09. The molecule has 0 aliphatic carbocycles. The Morgan fingerprint density at radius 1 is 1.19 bits per heavy atom. The van der Waals surface area contributed by atoms with Crippen molar-refractivity contribution < 1.29 is 13.2 Å². The van der Waals surface area contributed by atoms with Crippen molar-refractivity contribution in [3.05, 3.63) is 27.7 Å². The van der Waals surface area contributed by atoms with Crippen LogP contribution in [0, 0.1) is 11.3 Å². The predicted octanol–water partition coefficient (Wildman–Crippen LogP) is 3.25. The van der Waals surface area contributed by atoms with E-state index in [0.717, 1.165) is 6.54 Å². The number of nitrogens with one attached hydrogen (secondary N) is 2. The molecule has 1 rings (SSSR count). The van der Waals surface area contributed by atoms with E-state index in [1.165, 1.54) is 12.1 Å². The second-order valence-corrected chi connectivity index (χ2v) is 10.6. The minimum Gasteiger partial charge on any atom is -0.351 e. The van der Waals surface area contributed by atoms with Gasteiger partial charge in [-0.2, -0.15) is 0 Å². The van der Waals surface area contributed by atoms with Gasteiger partial charge in [0.25, 0.3) is 5.91 Å². The lowest BCUT2D eigenvalue weighted by molar-refractivity contribution is 0.0929. The first-order valence-corrected chi connectivity index (χ1v) is 10.9. The Kier molecular flexibility index (Phi) is 8.56. The fourth-order valence-electron chi connectivity index (χ4n) is 2.59. The predicted molar refractivity (Wildman–Crippen MR) is 111 cm³/mol. The summed E-state index contributed by atoms with van der Waals surface area (Å²) in [4.78, 5) is 14.5. The van der Waals surface area contributed by atoms with Gasteiger partial charge in [0.1, 0.15) is 4.90 Å². The van der Waals surface area contributed by atoms with Crippen LogP contribution in [0.4, 0.5) is 0 Å². The van der Waals surface area contributed by atoms with Gasteiger partial charge in [0, 0.05) is 19.6 Å². The Morgan fingerprint density at radius 3 is 2.30 bits per heavy atom. The largest absolute Gasteiger partial charge is 0.351 e. The van der Waals surface area contributed by atoms with Gasteiger partial charge in [-0.25, -0.2) is 13.1 Å². The van der Waals surface area contributed by atoms with Crippen molar-refractivity contribution in [1.29, 1.82) is 0 Å². The molecule has 0 bridgehead atoms. The highest BCUT2D eigenvalue weighted by Crippen LogP contribution is 2.29. The SMILES string of the molecule is CC(C)CNS(=O)(=O)c1cc(C(=O)NCC(C)(C)CN(C)C)c(Cl)cc1Cl. The number of carbonyl (C=O) groups excluding carboxylic acids is 1. The Balaban J connectivity index is 3.07.